The molecule has 2 fully saturated rings. The monoisotopic (exact) mass is 210 g/mol. The lowest BCUT2D eigenvalue weighted by molar-refractivity contribution is -0.138. The van der Waals surface area contributed by atoms with Crippen LogP contribution in [0.15, 0.2) is 12.2 Å². The number of hydrogen-bond acceptors (Lipinski definition) is 2. The topological polar surface area (TPSA) is 18.5 Å². The van der Waals surface area contributed by atoms with E-state index in [1.54, 1.807) is 0 Å². The Kier molecular flexibility index (Phi) is 3.47. The highest BCUT2D eigenvalue weighted by atomic mass is 16.7. The fourth-order valence-electron chi connectivity index (χ4n) is 1.95. The number of rotatable bonds is 5. The second-order valence-corrected chi connectivity index (χ2v) is 5.18. The van der Waals surface area contributed by atoms with Gasteiger partial charge in [0.2, 0.25) is 0 Å². The van der Waals surface area contributed by atoms with Crippen LogP contribution in [-0.2, 0) is 9.47 Å². The maximum absolute atomic E-state index is 5.73. The van der Waals surface area contributed by atoms with Crippen molar-refractivity contribution < 1.29 is 9.47 Å². The van der Waals surface area contributed by atoms with Crippen LogP contribution in [0.4, 0.5) is 0 Å². The van der Waals surface area contributed by atoms with Gasteiger partial charge in [-0.05, 0) is 51.9 Å². The Hall–Kier alpha value is -0.340. The van der Waals surface area contributed by atoms with Gasteiger partial charge in [0.15, 0.2) is 5.79 Å². The second kappa shape index (κ2) is 4.67. The number of hydrogen-bond donors (Lipinski definition) is 0. The predicted octanol–water partition coefficient (Wildman–Crippen LogP) is 3.27. The number of allylic oxidation sites excluding steroid dienone is 2. The molecule has 2 aliphatic rings. The van der Waals surface area contributed by atoms with Gasteiger partial charge in [0, 0.05) is 0 Å². The maximum Gasteiger partial charge on any atom is 0.163 e. The molecule has 86 valence electrons. The smallest absolute Gasteiger partial charge is 0.163 e. The molecule has 1 atom stereocenters. The minimum atomic E-state index is -0.359. The molecular weight excluding hydrogens is 188 g/mol. The fraction of sp³-hybridized carbons (Fsp3) is 0.846. The van der Waals surface area contributed by atoms with Gasteiger partial charge in [-0.3, -0.25) is 0 Å². The highest BCUT2D eigenvalue weighted by Crippen LogP contribution is 2.32. The van der Waals surface area contributed by atoms with Crippen LogP contribution in [-0.4, -0.2) is 18.5 Å². The average Bonchev–Trinajstić information content (AvgIpc) is 2.91. The SMILES string of the molecule is CC1(C)OCC(CC/C=C\CC2CC2)O1. The first-order valence-corrected chi connectivity index (χ1v) is 6.12. The van der Waals surface area contributed by atoms with Crippen molar-refractivity contribution in [2.24, 2.45) is 5.92 Å². The average molecular weight is 210 g/mol. The molecule has 15 heavy (non-hydrogen) atoms. The van der Waals surface area contributed by atoms with Crippen LogP contribution in [0, 0.1) is 5.92 Å². The van der Waals surface area contributed by atoms with Crippen LogP contribution >= 0.6 is 0 Å². The van der Waals surface area contributed by atoms with Crippen LogP contribution in [0.25, 0.3) is 0 Å². The molecular formula is C13H22O2. The highest BCUT2D eigenvalue weighted by molar-refractivity contribution is 4.89. The van der Waals surface area contributed by atoms with E-state index in [1.807, 2.05) is 13.8 Å². The fourth-order valence-corrected chi connectivity index (χ4v) is 1.95. The van der Waals surface area contributed by atoms with Crippen molar-refractivity contribution in [1.82, 2.24) is 0 Å². The molecule has 0 aromatic carbocycles. The second-order valence-electron chi connectivity index (χ2n) is 5.18. The summed E-state index contributed by atoms with van der Waals surface area (Å²) in [5, 5.41) is 0. The summed E-state index contributed by atoms with van der Waals surface area (Å²) >= 11 is 0. The molecule has 1 unspecified atom stereocenters. The van der Waals surface area contributed by atoms with Gasteiger partial charge in [-0.25, -0.2) is 0 Å². The van der Waals surface area contributed by atoms with Crippen molar-refractivity contribution >= 4 is 0 Å². The van der Waals surface area contributed by atoms with E-state index in [2.05, 4.69) is 12.2 Å². The third-order valence-electron chi connectivity index (χ3n) is 3.06. The molecule has 0 N–H and O–H groups in total. The van der Waals surface area contributed by atoms with E-state index in [4.69, 9.17) is 9.47 Å². The lowest BCUT2D eigenvalue weighted by atomic mass is 10.2. The summed E-state index contributed by atoms with van der Waals surface area (Å²) in [4.78, 5) is 0. The first-order chi connectivity index (χ1) is 7.16. The van der Waals surface area contributed by atoms with Gasteiger partial charge in [0.05, 0.1) is 12.7 Å². The maximum atomic E-state index is 5.73. The van der Waals surface area contributed by atoms with Crippen molar-refractivity contribution in [2.75, 3.05) is 6.61 Å². The molecule has 1 saturated heterocycles. The lowest BCUT2D eigenvalue weighted by Crippen LogP contribution is -2.21. The molecule has 2 nitrogen and oxygen atoms in total. The molecule has 1 aliphatic carbocycles. The molecule has 2 rings (SSSR count). The van der Waals surface area contributed by atoms with Crippen molar-refractivity contribution in [1.29, 1.82) is 0 Å². The zero-order chi connectivity index (χ0) is 10.7. The zero-order valence-electron chi connectivity index (χ0n) is 9.87. The van der Waals surface area contributed by atoms with Crippen molar-refractivity contribution in [2.45, 2.75) is 57.8 Å². The summed E-state index contributed by atoms with van der Waals surface area (Å²) in [5.74, 6) is 0.647. The number of ether oxygens (including phenoxy) is 2. The van der Waals surface area contributed by atoms with E-state index in [0.717, 1.165) is 25.4 Å². The third-order valence-corrected chi connectivity index (χ3v) is 3.06. The summed E-state index contributed by atoms with van der Waals surface area (Å²) < 4.78 is 11.2. The molecule has 0 radical (unpaired) electrons. The normalized spacial score (nSPS) is 30.1. The van der Waals surface area contributed by atoms with Gasteiger partial charge in [-0.1, -0.05) is 12.2 Å². The molecule has 0 spiro atoms. The first kappa shape index (κ1) is 11.2. The lowest BCUT2D eigenvalue weighted by Gasteiger charge is -2.16. The summed E-state index contributed by atoms with van der Waals surface area (Å²) in [7, 11) is 0. The first-order valence-electron chi connectivity index (χ1n) is 6.12. The van der Waals surface area contributed by atoms with Gasteiger partial charge in [0.25, 0.3) is 0 Å². The van der Waals surface area contributed by atoms with Crippen molar-refractivity contribution in [3.05, 3.63) is 12.2 Å². The van der Waals surface area contributed by atoms with Crippen molar-refractivity contribution in [3.63, 3.8) is 0 Å². The summed E-state index contributed by atoms with van der Waals surface area (Å²) in [6.45, 7) is 4.72. The molecule has 1 saturated carbocycles. The van der Waals surface area contributed by atoms with E-state index >= 15 is 0 Å². The Labute approximate surface area is 92.6 Å². The molecule has 0 aromatic rings. The molecule has 0 amide bonds. The van der Waals surface area contributed by atoms with Crippen LogP contribution in [0.1, 0.15) is 46.0 Å². The van der Waals surface area contributed by atoms with Gasteiger partial charge in [-0.15, -0.1) is 0 Å². The standard InChI is InChI=1S/C13H22O2/c1-13(2)14-10-12(15-13)7-5-3-4-6-11-8-9-11/h3-4,11-12H,5-10H2,1-2H3/b4-3-. The zero-order valence-corrected chi connectivity index (χ0v) is 9.87. The predicted molar refractivity (Wildman–Crippen MR) is 60.6 cm³/mol. The van der Waals surface area contributed by atoms with E-state index in [0.29, 0.717) is 6.10 Å². The summed E-state index contributed by atoms with van der Waals surface area (Å²) in [5.41, 5.74) is 0. The third kappa shape index (κ3) is 3.96. The summed E-state index contributed by atoms with van der Waals surface area (Å²) in [6, 6.07) is 0. The van der Waals surface area contributed by atoms with Crippen molar-refractivity contribution in [3.8, 4) is 0 Å². The minimum absolute atomic E-state index is 0.297. The van der Waals surface area contributed by atoms with E-state index in [1.165, 1.54) is 19.3 Å². The Morgan fingerprint density at radius 1 is 1.27 bits per heavy atom. The molecule has 1 aliphatic heterocycles. The van der Waals surface area contributed by atoms with E-state index < -0.39 is 0 Å². The molecule has 0 aromatic heterocycles. The van der Waals surface area contributed by atoms with Gasteiger partial charge < -0.3 is 9.47 Å². The van der Waals surface area contributed by atoms with E-state index in [9.17, 15) is 0 Å². The highest BCUT2D eigenvalue weighted by Gasteiger charge is 2.31. The van der Waals surface area contributed by atoms with Crippen LogP contribution < -0.4 is 0 Å². The molecule has 1 heterocycles. The largest absolute Gasteiger partial charge is 0.348 e. The molecule has 2 heteroatoms. The van der Waals surface area contributed by atoms with Gasteiger partial charge in [-0.2, -0.15) is 0 Å². The Balaban J connectivity index is 1.55. The van der Waals surface area contributed by atoms with Crippen LogP contribution in [0.5, 0.6) is 0 Å². The molecule has 0 bridgehead atoms. The summed E-state index contributed by atoms with van der Waals surface area (Å²) in [6.07, 6.45) is 11.3. The Morgan fingerprint density at radius 2 is 2.07 bits per heavy atom. The minimum Gasteiger partial charge on any atom is -0.348 e. The Morgan fingerprint density at radius 3 is 2.67 bits per heavy atom. The Bertz CT molecular complexity index is 229. The quantitative estimate of drug-likeness (QED) is 0.648. The van der Waals surface area contributed by atoms with Crippen LogP contribution in [0.3, 0.4) is 0 Å². The van der Waals surface area contributed by atoms with Gasteiger partial charge in [0.1, 0.15) is 0 Å². The van der Waals surface area contributed by atoms with E-state index in [-0.39, 0.29) is 5.79 Å². The van der Waals surface area contributed by atoms with Crippen LogP contribution in [0.2, 0.25) is 0 Å². The van der Waals surface area contributed by atoms with Gasteiger partial charge >= 0.3 is 0 Å².